The van der Waals surface area contributed by atoms with E-state index in [0.717, 1.165) is 22.3 Å². The highest BCUT2D eigenvalue weighted by atomic mass is 32.2. The molecule has 28 heavy (non-hydrogen) atoms. The molecule has 0 unspecified atom stereocenters. The molecule has 0 heterocycles. The van der Waals surface area contributed by atoms with E-state index in [1.165, 1.54) is 12.1 Å². The summed E-state index contributed by atoms with van der Waals surface area (Å²) >= 11 is 0. The van der Waals surface area contributed by atoms with Crippen LogP contribution < -0.4 is 0 Å². The zero-order valence-corrected chi connectivity index (χ0v) is 17.6. The number of rotatable bonds is 6. The Morgan fingerprint density at radius 1 is 1.25 bits per heavy atom. The number of carboxylic acids is 1. The summed E-state index contributed by atoms with van der Waals surface area (Å²) in [6, 6.07) is 4.54. The molecule has 1 aliphatic rings. The molecule has 0 fully saturated rings. The van der Waals surface area contributed by atoms with Crippen LogP contribution in [0.4, 0.5) is 4.39 Å². The molecule has 0 aromatic heterocycles. The number of aliphatic carboxylic acids is 1. The van der Waals surface area contributed by atoms with E-state index in [0.29, 0.717) is 17.6 Å². The molecule has 0 saturated carbocycles. The van der Waals surface area contributed by atoms with Crippen LogP contribution in [-0.2, 0) is 15.6 Å². The Hall–Kier alpha value is -2.53. The number of hydrogen-bond acceptors (Lipinski definition) is 2. The second-order valence-corrected chi connectivity index (χ2v) is 7.95. The van der Waals surface area contributed by atoms with Gasteiger partial charge in [0.2, 0.25) is 0 Å². The van der Waals surface area contributed by atoms with Crippen molar-refractivity contribution in [1.29, 1.82) is 0 Å². The number of benzene rings is 1. The van der Waals surface area contributed by atoms with Crippen molar-refractivity contribution in [2.75, 3.05) is 12.5 Å². The first-order valence-electron chi connectivity index (χ1n) is 8.82. The summed E-state index contributed by atoms with van der Waals surface area (Å²) in [7, 11) is -0.611. The summed E-state index contributed by atoms with van der Waals surface area (Å²) in [5.41, 5.74) is 5.04. The van der Waals surface area contributed by atoms with Crippen LogP contribution in [0.2, 0.25) is 0 Å². The molecule has 0 bridgehead atoms. The number of hydrogen-bond donors (Lipinski definition) is 1. The van der Waals surface area contributed by atoms with Gasteiger partial charge in [0.1, 0.15) is 5.82 Å². The highest BCUT2D eigenvalue weighted by molar-refractivity contribution is 7.83. The molecule has 1 aromatic carbocycles. The van der Waals surface area contributed by atoms with E-state index in [9.17, 15) is 13.4 Å². The molecular weight excluding hydrogens is 375 g/mol. The van der Waals surface area contributed by atoms with Gasteiger partial charge in [-0.05, 0) is 60.2 Å². The topological polar surface area (TPSA) is 54.4 Å². The van der Waals surface area contributed by atoms with Crippen LogP contribution in [-0.4, -0.2) is 27.8 Å². The number of halogens is 1. The van der Waals surface area contributed by atoms with Gasteiger partial charge in [0.05, 0.1) is 6.42 Å². The Morgan fingerprint density at radius 3 is 2.46 bits per heavy atom. The number of allylic oxidation sites excluding steroid dienone is 8. The van der Waals surface area contributed by atoms with Crippen LogP contribution in [0.15, 0.2) is 66.3 Å². The van der Waals surface area contributed by atoms with Gasteiger partial charge < -0.3 is 5.11 Å². The first-order chi connectivity index (χ1) is 13.2. The van der Waals surface area contributed by atoms with Crippen LogP contribution in [0.3, 0.4) is 0 Å². The summed E-state index contributed by atoms with van der Waals surface area (Å²) in [6.07, 6.45) is 13.6. The van der Waals surface area contributed by atoms with E-state index in [-0.39, 0.29) is 12.2 Å². The second kappa shape index (κ2) is 11.3. The normalized spacial score (nSPS) is 14.7. The number of carbonyl (C=O) groups is 1. The van der Waals surface area contributed by atoms with E-state index in [2.05, 4.69) is 6.58 Å². The lowest BCUT2D eigenvalue weighted by Gasteiger charge is -2.04. The van der Waals surface area contributed by atoms with Crippen LogP contribution in [0.5, 0.6) is 0 Å². The van der Waals surface area contributed by atoms with Crippen LogP contribution >= 0.6 is 0 Å². The largest absolute Gasteiger partial charge is 0.481 e. The molecular formula is C23H27FO3S. The summed E-state index contributed by atoms with van der Waals surface area (Å²) in [6.45, 7) is 7.85. The third-order valence-electron chi connectivity index (χ3n) is 3.99. The average molecular weight is 403 g/mol. The smallest absolute Gasteiger partial charge is 0.307 e. The predicted molar refractivity (Wildman–Crippen MR) is 117 cm³/mol. The third kappa shape index (κ3) is 7.24. The van der Waals surface area contributed by atoms with Crippen molar-refractivity contribution in [3.8, 4) is 0 Å². The second-order valence-electron chi connectivity index (χ2n) is 6.47. The molecule has 0 atom stereocenters. The molecule has 5 heteroatoms. The maximum atomic E-state index is 13.6. The lowest BCUT2D eigenvalue weighted by Crippen LogP contribution is -1.97. The Morgan fingerprint density at radius 2 is 1.89 bits per heavy atom. The van der Waals surface area contributed by atoms with Gasteiger partial charge in [0.25, 0.3) is 0 Å². The maximum absolute atomic E-state index is 13.6. The van der Waals surface area contributed by atoms with Crippen molar-refractivity contribution in [2.45, 2.75) is 26.7 Å². The predicted octanol–water partition coefficient (Wildman–Crippen LogP) is 5.54. The number of carboxylic acid groups (broad SMARTS) is 1. The molecule has 0 saturated heterocycles. The van der Waals surface area contributed by atoms with Gasteiger partial charge in [-0.3, -0.25) is 9.00 Å². The minimum Gasteiger partial charge on any atom is -0.481 e. The van der Waals surface area contributed by atoms with Crippen molar-refractivity contribution in [3.05, 3.63) is 83.2 Å². The molecule has 1 aliphatic carbocycles. The van der Waals surface area contributed by atoms with E-state index < -0.39 is 16.8 Å². The highest BCUT2D eigenvalue weighted by Gasteiger charge is 2.25. The van der Waals surface area contributed by atoms with Gasteiger partial charge in [-0.2, -0.15) is 0 Å². The van der Waals surface area contributed by atoms with Gasteiger partial charge in [0, 0.05) is 23.3 Å². The standard InChI is InChI=1S/C21H21FO2.C2H6OS/c1-4-5-6-7-14(2)8-10-17-15(3)19(13-21(23)24)20-12-16(22)9-11-18(17)20;1-4(2)3/h4-7,9-12H,2,8,13H2,1,3H3,(H,23,24);1-2H3/b5-4-,7-6-,17-10-;. The zero-order chi connectivity index (χ0) is 21.3. The van der Waals surface area contributed by atoms with Crippen molar-refractivity contribution >= 4 is 27.9 Å². The van der Waals surface area contributed by atoms with Crippen molar-refractivity contribution in [1.82, 2.24) is 0 Å². The molecule has 0 amide bonds. The minimum atomic E-state index is -0.917. The highest BCUT2D eigenvalue weighted by Crippen LogP contribution is 2.43. The van der Waals surface area contributed by atoms with E-state index >= 15 is 0 Å². The Bertz CT molecular complexity index is 885. The van der Waals surface area contributed by atoms with E-state index in [1.54, 1.807) is 18.6 Å². The monoisotopic (exact) mass is 402 g/mol. The molecule has 2 rings (SSSR count). The van der Waals surface area contributed by atoms with Gasteiger partial charge in [-0.1, -0.05) is 48.6 Å². The molecule has 3 nitrogen and oxygen atoms in total. The first kappa shape index (κ1) is 23.5. The van der Waals surface area contributed by atoms with Crippen molar-refractivity contribution in [3.63, 3.8) is 0 Å². The molecule has 0 spiro atoms. The fourth-order valence-corrected chi connectivity index (χ4v) is 2.81. The molecule has 0 radical (unpaired) electrons. The van der Waals surface area contributed by atoms with E-state index in [4.69, 9.17) is 5.11 Å². The van der Waals surface area contributed by atoms with Gasteiger partial charge in [-0.25, -0.2) is 4.39 Å². The van der Waals surface area contributed by atoms with Crippen LogP contribution in [0.1, 0.15) is 37.8 Å². The molecule has 0 aliphatic heterocycles. The quantitative estimate of drug-likeness (QED) is 0.635. The fourth-order valence-electron chi connectivity index (χ4n) is 2.81. The Labute approximate surface area is 169 Å². The zero-order valence-electron chi connectivity index (χ0n) is 16.8. The first-order valence-corrected chi connectivity index (χ1v) is 10.8. The lowest BCUT2D eigenvalue weighted by atomic mass is 10.0. The molecule has 150 valence electrons. The van der Waals surface area contributed by atoms with Gasteiger partial charge in [-0.15, -0.1) is 0 Å². The Kier molecular flexibility index (Phi) is 9.52. The maximum Gasteiger partial charge on any atom is 0.307 e. The third-order valence-corrected chi connectivity index (χ3v) is 3.99. The minimum absolute atomic E-state index is 0.109. The van der Waals surface area contributed by atoms with Crippen molar-refractivity contribution in [2.24, 2.45) is 0 Å². The fraction of sp³-hybridized carbons (Fsp3) is 0.261. The summed E-state index contributed by atoms with van der Waals surface area (Å²) < 4.78 is 23.2. The SMILES string of the molecule is C=C(/C=C\C=C/C)C/C=C1/C(C)=C(CC(=O)O)c2cc(F)ccc21.CS(C)=O. The van der Waals surface area contributed by atoms with Gasteiger partial charge >= 0.3 is 5.97 Å². The van der Waals surface area contributed by atoms with E-state index in [1.807, 2.05) is 44.2 Å². The lowest BCUT2D eigenvalue weighted by molar-refractivity contribution is -0.135. The molecule has 1 aromatic rings. The average Bonchev–Trinajstić information content (AvgIpc) is 2.84. The summed E-state index contributed by atoms with van der Waals surface area (Å²) in [4.78, 5) is 11.1. The van der Waals surface area contributed by atoms with Crippen LogP contribution in [0.25, 0.3) is 11.1 Å². The Balaban J connectivity index is 0.000000892. The molecule has 1 N–H and O–H groups in total. The number of fused-ring (bicyclic) bond motifs is 1. The summed E-state index contributed by atoms with van der Waals surface area (Å²) in [5.74, 6) is -1.27. The van der Waals surface area contributed by atoms with Crippen LogP contribution in [0, 0.1) is 5.82 Å². The van der Waals surface area contributed by atoms with Gasteiger partial charge in [0.15, 0.2) is 0 Å². The van der Waals surface area contributed by atoms with Crippen molar-refractivity contribution < 1.29 is 18.5 Å². The summed E-state index contributed by atoms with van der Waals surface area (Å²) in [5, 5.41) is 9.13.